The molecule has 8 heteroatoms. The summed E-state index contributed by atoms with van der Waals surface area (Å²) in [5, 5.41) is 2.84. The minimum Gasteiger partial charge on any atom is -0.455 e. The van der Waals surface area contributed by atoms with E-state index < -0.39 is 10.0 Å². The van der Waals surface area contributed by atoms with E-state index >= 15 is 0 Å². The van der Waals surface area contributed by atoms with E-state index in [0.29, 0.717) is 23.7 Å². The Balaban J connectivity index is 1.54. The van der Waals surface area contributed by atoms with Crippen LogP contribution in [0.3, 0.4) is 0 Å². The number of benzene rings is 3. The number of carbonyl (C=O) groups is 1. The second kappa shape index (κ2) is 12.5. The second-order valence-corrected chi connectivity index (χ2v) is 10.8. The minimum atomic E-state index is -3.71. The summed E-state index contributed by atoms with van der Waals surface area (Å²) in [5.74, 6) is 2.41. The number of rotatable bonds is 12. The van der Waals surface area contributed by atoms with Crippen molar-refractivity contribution in [2.45, 2.75) is 19.1 Å². The van der Waals surface area contributed by atoms with E-state index in [0.717, 1.165) is 28.5 Å². The average Bonchev–Trinajstić information content (AvgIpc) is 2.81. The van der Waals surface area contributed by atoms with Gasteiger partial charge in [0.15, 0.2) is 5.75 Å². The number of anilines is 1. The van der Waals surface area contributed by atoms with E-state index in [-0.39, 0.29) is 12.5 Å². The molecule has 0 heterocycles. The van der Waals surface area contributed by atoms with E-state index in [9.17, 15) is 13.2 Å². The Hall–Kier alpha value is -2.97. The van der Waals surface area contributed by atoms with Crippen LogP contribution in [0.4, 0.5) is 5.69 Å². The smallest absolute Gasteiger partial charge is 0.240 e. The Labute approximate surface area is 206 Å². The van der Waals surface area contributed by atoms with Gasteiger partial charge in [0.05, 0.1) is 11.9 Å². The van der Waals surface area contributed by atoms with Gasteiger partial charge in [-0.25, -0.2) is 8.42 Å². The third-order valence-corrected chi connectivity index (χ3v) is 7.32. The first-order valence-corrected chi connectivity index (χ1v) is 14.0. The number of hydrogen-bond acceptors (Lipinski definition) is 5. The summed E-state index contributed by atoms with van der Waals surface area (Å²) in [4.78, 5) is 12.6. The fraction of sp³-hybridized carbons (Fsp3) is 0.269. The zero-order valence-corrected chi connectivity index (χ0v) is 21.1. The Morgan fingerprint density at radius 3 is 2.38 bits per heavy atom. The number of hydrogen-bond donors (Lipinski definition) is 1. The first kappa shape index (κ1) is 25.6. The fourth-order valence-electron chi connectivity index (χ4n) is 3.29. The zero-order chi connectivity index (χ0) is 24.4. The van der Waals surface area contributed by atoms with E-state index in [1.54, 1.807) is 36.4 Å². The molecule has 0 spiro atoms. The molecule has 0 aliphatic heterocycles. The highest BCUT2D eigenvalue weighted by atomic mass is 32.2. The van der Waals surface area contributed by atoms with Crippen molar-refractivity contribution in [1.29, 1.82) is 0 Å². The van der Waals surface area contributed by atoms with Crippen molar-refractivity contribution < 1.29 is 17.9 Å². The Bertz CT molecular complexity index is 1180. The van der Waals surface area contributed by atoms with Crippen LogP contribution in [0, 0.1) is 6.92 Å². The molecule has 0 unspecified atom stereocenters. The van der Waals surface area contributed by atoms with Crippen molar-refractivity contribution in [3.63, 3.8) is 0 Å². The molecule has 34 heavy (non-hydrogen) atoms. The summed E-state index contributed by atoms with van der Waals surface area (Å²) in [5.41, 5.74) is 2.91. The summed E-state index contributed by atoms with van der Waals surface area (Å²) in [6, 6.07) is 24.2. The summed E-state index contributed by atoms with van der Waals surface area (Å²) in [6.45, 7) is 2.27. The lowest BCUT2D eigenvalue weighted by Gasteiger charge is -2.24. The fourth-order valence-corrected chi connectivity index (χ4v) is 5.19. The molecule has 0 radical (unpaired) electrons. The third-order valence-electron chi connectivity index (χ3n) is 5.10. The quantitative estimate of drug-likeness (QED) is 0.356. The summed E-state index contributed by atoms with van der Waals surface area (Å²) in [7, 11) is -3.71. The summed E-state index contributed by atoms with van der Waals surface area (Å²) < 4.78 is 32.0. The van der Waals surface area contributed by atoms with Crippen LogP contribution < -0.4 is 14.4 Å². The van der Waals surface area contributed by atoms with Gasteiger partial charge in [0.2, 0.25) is 15.9 Å². The molecule has 0 atom stereocenters. The predicted octanol–water partition coefficient (Wildman–Crippen LogP) is 4.99. The van der Waals surface area contributed by atoms with Crippen molar-refractivity contribution in [3.05, 3.63) is 90.0 Å². The lowest BCUT2D eigenvalue weighted by Crippen LogP contribution is -2.40. The molecule has 0 saturated carbocycles. The maximum atomic E-state index is 12.6. The van der Waals surface area contributed by atoms with E-state index in [4.69, 9.17) is 4.74 Å². The van der Waals surface area contributed by atoms with Gasteiger partial charge in [0.25, 0.3) is 0 Å². The van der Waals surface area contributed by atoms with Gasteiger partial charge in [-0.15, -0.1) is 0 Å². The number of nitrogens with zero attached hydrogens (tertiary/aromatic N) is 1. The topological polar surface area (TPSA) is 75.7 Å². The first-order valence-electron chi connectivity index (χ1n) is 11.0. The van der Waals surface area contributed by atoms with Crippen LogP contribution in [0.15, 0.2) is 78.9 Å². The van der Waals surface area contributed by atoms with E-state index in [1.165, 1.54) is 11.1 Å². The molecule has 6 nitrogen and oxygen atoms in total. The molecule has 1 amide bonds. The molecule has 3 aromatic carbocycles. The number of thioether (sulfide) groups is 1. The number of amides is 1. The van der Waals surface area contributed by atoms with Crippen molar-refractivity contribution in [2.75, 3.05) is 29.4 Å². The molecule has 180 valence electrons. The molecule has 0 saturated heterocycles. The zero-order valence-electron chi connectivity index (χ0n) is 19.4. The van der Waals surface area contributed by atoms with Crippen LogP contribution in [-0.4, -0.2) is 39.4 Å². The molecular formula is C26H30N2O4S2. The van der Waals surface area contributed by atoms with Crippen LogP contribution in [0.25, 0.3) is 0 Å². The normalized spacial score (nSPS) is 11.1. The molecule has 1 N–H and O–H groups in total. The maximum Gasteiger partial charge on any atom is 0.240 e. The van der Waals surface area contributed by atoms with Gasteiger partial charge in [0.1, 0.15) is 12.3 Å². The molecule has 3 rings (SSSR count). The molecule has 0 fully saturated rings. The van der Waals surface area contributed by atoms with Gasteiger partial charge >= 0.3 is 0 Å². The number of aryl methyl sites for hydroxylation is 1. The minimum absolute atomic E-state index is 0.315. The van der Waals surface area contributed by atoms with Gasteiger partial charge < -0.3 is 10.1 Å². The highest BCUT2D eigenvalue weighted by Crippen LogP contribution is 2.33. The van der Waals surface area contributed by atoms with E-state index in [2.05, 4.69) is 24.4 Å². The summed E-state index contributed by atoms with van der Waals surface area (Å²) in [6.07, 6.45) is 1.89. The molecule has 0 aliphatic carbocycles. The molecule has 3 aromatic rings. The van der Waals surface area contributed by atoms with E-state index in [1.807, 2.05) is 42.1 Å². The Morgan fingerprint density at radius 2 is 1.65 bits per heavy atom. The van der Waals surface area contributed by atoms with Crippen molar-refractivity contribution in [3.8, 4) is 11.5 Å². The van der Waals surface area contributed by atoms with Gasteiger partial charge in [-0.05, 0) is 54.5 Å². The monoisotopic (exact) mass is 498 g/mol. The van der Waals surface area contributed by atoms with Crippen LogP contribution >= 0.6 is 11.8 Å². The largest absolute Gasteiger partial charge is 0.455 e. The number of sulfonamides is 1. The van der Waals surface area contributed by atoms with Gasteiger partial charge in [-0.1, -0.05) is 54.6 Å². The standard InChI is InChI=1S/C26H30N2O4S2/c1-21-11-6-7-12-22(21)20-33-18-10-17-27-26(29)19-28(34(2,30)31)24-15-8-9-16-25(24)32-23-13-4-3-5-14-23/h3-9,11-16H,10,17-20H2,1-2H3,(H,27,29). The number of ether oxygens (including phenoxy) is 1. The SMILES string of the molecule is Cc1ccccc1CSCCCNC(=O)CN(c1ccccc1Oc1ccccc1)S(C)(=O)=O. The Kier molecular flexibility index (Phi) is 9.42. The van der Waals surface area contributed by atoms with Crippen molar-refractivity contribution >= 4 is 33.4 Å². The van der Waals surface area contributed by atoms with Crippen LogP contribution in [-0.2, 0) is 20.6 Å². The lowest BCUT2D eigenvalue weighted by atomic mass is 10.1. The molecule has 0 aromatic heterocycles. The maximum absolute atomic E-state index is 12.6. The molecular weight excluding hydrogens is 468 g/mol. The highest BCUT2D eigenvalue weighted by molar-refractivity contribution is 7.98. The summed E-state index contributed by atoms with van der Waals surface area (Å²) >= 11 is 1.82. The lowest BCUT2D eigenvalue weighted by molar-refractivity contribution is -0.119. The third kappa shape index (κ3) is 7.81. The molecule has 0 bridgehead atoms. The van der Waals surface area contributed by atoms with Crippen LogP contribution in [0.5, 0.6) is 11.5 Å². The van der Waals surface area contributed by atoms with Gasteiger partial charge in [0, 0.05) is 12.3 Å². The number of carbonyl (C=O) groups excluding carboxylic acids is 1. The Morgan fingerprint density at radius 1 is 0.971 bits per heavy atom. The number of nitrogens with one attached hydrogen (secondary N) is 1. The predicted molar refractivity (Wildman–Crippen MR) is 140 cm³/mol. The second-order valence-electron chi connectivity index (χ2n) is 7.84. The van der Waals surface area contributed by atoms with Crippen LogP contribution in [0.2, 0.25) is 0 Å². The first-order chi connectivity index (χ1) is 16.3. The van der Waals surface area contributed by atoms with Crippen LogP contribution in [0.1, 0.15) is 17.5 Å². The van der Waals surface area contributed by atoms with Crippen molar-refractivity contribution in [2.24, 2.45) is 0 Å². The van der Waals surface area contributed by atoms with Crippen molar-refractivity contribution in [1.82, 2.24) is 5.32 Å². The number of para-hydroxylation sites is 3. The van der Waals surface area contributed by atoms with Gasteiger partial charge in [-0.3, -0.25) is 9.10 Å². The molecule has 0 aliphatic rings. The van der Waals surface area contributed by atoms with Gasteiger partial charge in [-0.2, -0.15) is 11.8 Å². The average molecular weight is 499 g/mol. The highest BCUT2D eigenvalue weighted by Gasteiger charge is 2.24.